The van der Waals surface area contributed by atoms with Crippen LogP contribution >= 0.6 is 0 Å². The largest absolute Gasteiger partial charge is 0.453 e. The molecule has 1 unspecified atom stereocenters. The molecule has 0 spiro atoms. The summed E-state index contributed by atoms with van der Waals surface area (Å²) in [6.45, 7) is 5.10. The number of nitrogens with zero attached hydrogens (tertiary/aromatic N) is 1. The quantitative estimate of drug-likeness (QED) is 0.456. The van der Waals surface area contributed by atoms with Crippen molar-refractivity contribution in [2.24, 2.45) is 0 Å². The minimum atomic E-state index is -0.0415. The Morgan fingerprint density at radius 3 is 2.71 bits per heavy atom. The third kappa shape index (κ3) is 2.36. The van der Waals surface area contributed by atoms with E-state index in [-0.39, 0.29) is 11.5 Å². The first kappa shape index (κ1) is 14.8. The van der Waals surface area contributed by atoms with Crippen LogP contribution in [0.4, 0.5) is 0 Å². The van der Waals surface area contributed by atoms with Gasteiger partial charge in [-0.15, -0.1) is 0 Å². The topological polar surface area (TPSA) is 55.1 Å². The molecule has 0 aromatic heterocycles. The van der Waals surface area contributed by atoms with E-state index in [9.17, 15) is 4.79 Å². The molecule has 4 rings (SSSR count). The van der Waals surface area contributed by atoms with E-state index in [2.05, 4.69) is 25.2 Å². The molecule has 0 saturated heterocycles. The molecular formula is C20H18N2O2. The standard InChI is InChI=1S/C20H18N2O2/c1-3-21-12(2)13-8-9-16-18(10-13)24-19-11-17(23)14-6-4-5-7-15(14)20(19)22-16/h4-12,21H,3H2,1-2H3. The highest BCUT2D eigenvalue weighted by Crippen LogP contribution is 2.30. The van der Waals surface area contributed by atoms with Gasteiger partial charge in [0.1, 0.15) is 11.2 Å². The molecule has 1 heterocycles. The Labute approximate surface area is 139 Å². The second-order valence-electron chi connectivity index (χ2n) is 5.99. The van der Waals surface area contributed by atoms with E-state index >= 15 is 0 Å². The fourth-order valence-electron chi connectivity index (χ4n) is 3.13. The molecule has 24 heavy (non-hydrogen) atoms. The molecule has 120 valence electrons. The lowest BCUT2D eigenvalue weighted by Crippen LogP contribution is -2.17. The van der Waals surface area contributed by atoms with Crippen LogP contribution in [-0.2, 0) is 0 Å². The lowest BCUT2D eigenvalue weighted by Gasteiger charge is -2.14. The highest BCUT2D eigenvalue weighted by Gasteiger charge is 2.16. The molecule has 0 saturated carbocycles. The maximum atomic E-state index is 12.3. The molecule has 1 aliphatic carbocycles. The van der Waals surface area contributed by atoms with Gasteiger partial charge in [-0.2, -0.15) is 0 Å². The van der Waals surface area contributed by atoms with Crippen LogP contribution in [0.15, 0.2) is 57.7 Å². The summed E-state index contributed by atoms with van der Waals surface area (Å²) in [5.41, 5.74) is 3.31. The first-order chi connectivity index (χ1) is 11.7. The summed E-state index contributed by atoms with van der Waals surface area (Å²) in [5, 5.41) is 4.89. The zero-order chi connectivity index (χ0) is 16.7. The zero-order valence-electron chi connectivity index (χ0n) is 13.7. The van der Waals surface area contributed by atoms with Crippen molar-refractivity contribution in [2.45, 2.75) is 19.9 Å². The average Bonchev–Trinajstić information content (AvgIpc) is 2.60. The molecule has 1 aliphatic heterocycles. The van der Waals surface area contributed by atoms with E-state index < -0.39 is 0 Å². The van der Waals surface area contributed by atoms with Crippen molar-refractivity contribution in [3.8, 4) is 11.5 Å². The van der Waals surface area contributed by atoms with Crippen molar-refractivity contribution in [1.29, 1.82) is 0 Å². The summed E-state index contributed by atoms with van der Waals surface area (Å²) in [5.74, 6) is 0.527. The summed E-state index contributed by atoms with van der Waals surface area (Å²) < 4.78 is 6.01. The molecule has 1 atom stereocenters. The van der Waals surface area contributed by atoms with E-state index in [1.807, 2.05) is 36.4 Å². The van der Waals surface area contributed by atoms with Crippen LogP contribution in [0.2, 0.25) is 0 Å². The predicted molar refractivity (Wildman–Crippen MR) is 96.5 cm³/mol. The number of aromatic nitrogens is 1. The van der Waals surface area contributed by atoms with Gasteiger partial charge in [0.05, 0.1) is 0 Å². The summed E-state index contributed by atoms with van der Waals surface area (Å²) in [4.78, 5) is 17.0. The van der Waals surface area contributed by atoms with Gasteiger partial charge in [-0.25, -0.2) is 4.98 Å². The maximum Gasteiger partial charge on any atom is 0.190 e. The molecule has 0 amide bonds. The fraction of sp³-hybridized carbons (Fsp3) is 0.200. The van der Waals surface area contributed by atoms with Crippen LogP contribution in [0.1, 0.15) is 25.5 Å². The van der Waals surface area contributed by atoms with Gasteiger partial charge < -0.3 is 9.73 Å². The molecule has 4 heteroatoms. The lowest BCUT2D eigenvalue weighted by molar-refractivity contribution is 0.590. The third-order valence-electron chi connectivity index (χ3n) is 4.39. The van der Waals surface area contributed by atoms with Gasteiger partial charge in [0.2, 0.25) is 0 Å². The van der Waals surface area contributed by atoms with Gasteiger partial charge in [0.25, 0.3) is 0 Å². The molecule has 0 radical (unpaired) electrons. The van der Waals surface area contributed by atoms with Crippen molar-refractivity contribution in [3.05, 3.63) is 64.3 Å². The first-order valence-electron chi connectivity index (χ1n) is 8.17. The maximum absolute atomic E-state index is 12.3. The number of nitrogens with one attached hydrogen (secondary N) is 1. The molecule has 4 nitrogen and oxygen atoms in total. The van der Waals surface area contributed by atoms with E-state index in [4.69, 9.17) is 9.40 Å². The van der Waals surface area contributed by atoms with Gasteiger partial charge in [-0.3, -0.25) is 4.79 Å². The van der Waals surface area contributed by atoms with E-state index in [0.717, 1.165) is 28.7 Å². The van der Waals surface area contributed by atoms with Gasteiger partial charge in [0, 0.05) is 22.9 Å². The van der Waals surface area contributed by atoms with Crippen molar-refractivity contribution < 1.29 is 4.42 Å². The highest BCUT2D eigenvalue weighted by atomic mass is 16.3. The van der Waals surface area contributed by atoms with Crippen molar-refractivity contribution in [3.63, 3.8) is 0 Å². The SMILES string of the molecule is CCNC(C)c1ccc2nc3c4ccccc4c(=O)cc-3oc2c1. The van der Waals surface area contributed by atoms with Crippen LogP contribution in [-0.4, -0.2) is 11.5 Å². The Morgan fingerprint density at radius 1 is 1.12 bits per heavy atom. The molecule has 0 fully saturated rings. The smallest absolute Gasteiger partial charge is 0.190 e. The summed E-state index contributed by atoms with van der Waals surface area (Å²) in [6, 6.07) is 15.3. The van der Waals surface area contributed by atoms with Gasteiger partial charge in [0.15, 0.2) is 16.8 Å². The Bertz CT molecular complexity index is 1070. The van der Waals surface area contributed by atoms with Crippen molar-refractivity contribution in [2.75, 3.05) is 6.54 Å². The minimum Gasteiger partial charge on any atom is -0.453 e. The van der Waals surface area contributed by atoms with Crippen LogP contribution in [0.25, 0.3) is 33.3 Å². The van der Waals surface area contributed by atoms with Crippen molar-refractivity contribution in [1.82, 2.24) is 10.3 Å². The molecule has 2 aliphatic rings. The number of hydrogen-bond acceptors (Lipinski definition) is 4. The Balaban J connectivity index is 1.99. The second-order valence-corrected chi connectivity index (χ2v) is 5.99. The zero-order valence-corrected chi connectivity index (χ0v) is 13.7. The Kier molecular flexibility index (Phi) is 3.54. The summed E-state index contributed by atoms with van der Waals surface area (Å²) in [7, 11) is 0. The predicted octanol–water partition coefficient (Wildman–Crippen LogP) is 4.12. The number of hydrogen-bond donors (Lipinski definition) is 1. The minimum absolute atomic E-state index is 0.0415. The van der Waals surface area contributed by atoms with Crippen molar-refractivity contribution >= 4 is 21.9 Å². The first-order valence-corrected chi connectivity index (χ1v) is 8.17. The van der Waals surface area contributed by atoms with Crippen LogP contribution < -0.4 is 10.7 Å². The van der Waals surface area contributed by atoms with Crippen LogP contribution in [0.3, 0.4) is 0 Å². The summed E-state index contributed by atoms with van der Waals surface area (Å²) in [6.07, 6.45) is 0. The van der Waals surface area contributed by atoms with Gasteiger partial charge in [-0.05, 0) is 31.2 Å². The van der Waals surface area contributed by atoms with Gasteiger partial charge in [-0.1, -0.05) is 37.3 Å². The fourth-order valence-corrected chi connectivity index (χ4v) is 3.13. The van der Waals surface area contributed by atoms with E-state index in [0.29, 0.717) is 16.7 Å². The van der Waals surface area contributed by atoms with E-state index in [1.54, 1.807) is 0 Å². The molecule has 2 aromatic rings. The molecule has 0 bridgehead atoms. The second kappa shape index (κ2) is 5.73. The molecule has 2 aromatic carbocycles. The Morgan fingerprint density at radius 2 is 1.92 bits per heavy atom. The van der Waals surface area contributed by atoms with Gasteiger partial charge >= 0.3 is 0 Å². The third-order valence-corrected chi connectivity index (χ3v) is 4.39. The number of fused-ring (bicyclic) bond motifs is 4. The molecular weight excluding hydrogens is 300 g/mol. The van der Waals surface area contributed by atoms with E-state index in [1.165, 1.54) is 6.07 Å². The number of benzene rings is 3. The Hall–Kier alpha value is -2.72. The monoisotopic (exact) mass is 318 g/mol. The van der Waals surface area contributed by atoms with Crippen LogP contribution in [0, 0.1) is 0 Å². The highest BCUT2D eigenvalue weighted by molar-refractivity contribution is 5.96. The normalized spacial score (nSPS) is 12.9. The molecule has 1 N–H and O–H groups in total. The number of rotatable bonds is 3. The lowest BCUT2D eigenvalue weighted by atomic mass is 10.0. The summed E-state index contributed by atoms with van der Waals surface area (Å²) >= 11 is 0. The average molecular weight is 318 g/mol. The van der Waals surface area contributed by atoms with Crippen LogP contribution in [0.5, 0.6) is 0 Å².